The van der Waals surface area contributed by atoms with E-state index in [4.69, 9.17) is 4.74 Å². The lowest BCUT2D eigenvalue weighted by molar-refractivity contribution is -0.383. The molecule has 1 aliphatic rings. The van der Waals surface area contributed by atoms with Gasteiger partial charge in [0.15, 0.2) is 17.0 Å². The lowest BCUT2D eigenvalue weighted by Crippen LogP contribution is -2.35. The molecule has 0 radical (unpaired) electrons. The maximum Gasteiger partial charge on any atom is 0.301 e. The fraction of sp³-hybridized carbons (Fsp3) is 0.447. The van der Waals surface area contributed by atoms with Gasteiger partial charge in [0.2, 0.25) is 17.3 Å². The van der Waals surface area contributed by atoms with Crippen LogP contribution in [-0.2, 0) is 16.1 Å². The molecule has 0 atom stereocenters. The lowest BCUT2D eigenvalue weighted by Gasteiger charge is -2.27. The number of aromatic nitrogens is 3. The molecule has 2 amide bonds. The van der Waals surface area contributed by atoms with Crippen LogP contribution >= 0.6 is 11.3 Å². The van der Waals surface area contributed by atoms with Crippen molar-refractivity contribution in [2.45, 2.75) is 78.2 Å². The minimum atomic E-state index is -0.536. The molecule has 2 aromatic carbocycles. The number of amides is 2. The molecule has 5 aromatic rings. The standard InChI is InChI=1S/C38H44N6O7S/c1-3-42(28-10-8-9-25(2)21-28)35(46)24-43-29-17-20-52-34(29)23-31(43)32(45)22-26-11-13-27(14-12-26)38(47)39-18-6-4-5-7-19-50-33-16-15-30(44(48)49)36-37(33)41-51-40-36/h8-10,15-17,20-21,23,26-27H,3-7,11-14,18-19,22,24H2,1-2H3,(H,39,47). The maximum absolute atomic E-state index is 13.7. The van der Waals surface area contributed by atoms with Crippen LogP contribution in [0.1, 0.15) is 80.8 Å². The predicted molar refractivity (Wildman–Crippen MR) is 199 cm³/mol. The predicted octanol–water partition coefficient (Wildman–Crippen LogP) is 7.64. The van der Waals surface area contributed by atoms with Crippen LogP contribution in [0.4, 0.5) is 11.4 Å². The summed E-state index contributed by atoms with van der Waals surface area (Å²) in [5.74, 6) is 0.628. The summed E-state index contributed by atoms with van der Waals surface area (Å²) in [7, 11) is 0. The van der Waals surface area contributed by atoms with Crippen molar-refractivity contribution < 1.29 is 28.7 Å². The number of fused-ring (bicyclic) bond motifs is 2. The number of thiophene rings is 1. The molecule has 1 saturated carbocycles. The van der Waals surface area contributed by atoms with E-state index in [1.54, 1.807) is 16.2 Å². The van der Waals surface area contributed by atoms with E-state index in [0.717, 1.165) is 72.8 Å². The van der Waals surface area contributed by atoms with Crippen molar-refractivity contribution in [3.63, 3.8) is 0 Å². The summed E-state index contributed by atoms with van der Waals surface area (Å²) >= 11 is 1.57. The second kappa shape index (κ2) is 16.9. The van der Waals surface area contributed by atoms with Gasteiger partial charge in [-0.1, -0.05) is 25.0 Å². The largest absolute Gasteiger partial charge is 0.491 e. The number of ketones is 1. The molecule has 6 rings (SSSR count). The van der Waals surface area contributed by atoms with Gasteiger partial charge in [-0.05, 0) is 110 Å². The van der Waals surface area contributed by atoms with Crippen LogP contribution in [-0.4, -0.2) is 57.1 Å². The van der Waals surface area contributed by atoms with Crippen LogP contribution in [0.5, 0.6) is 5.75 Å². The van der Waals surface area contributed by atoms with E-state index in [2.05, 4.69) is 20.3 Å². The van der Waals surface area contributed by atoms with Crippen LogP contribution in [0.2, 0.25) is 0 Å². The highest BCUT2D eigenvalue weighted by atomic mass is 32.1. The minimum absolute atomic E-state index is 0.0437. The minimum Gasteiger partial charge on any atom is -0.491 e. The summed E-state index contributed by atoms with van der Waals surface area (Å²) in [6, 6.07) is 14.6. The van der Waals surface area contributed by atoms with Gasteiger partial charge < -0.3 is 19.5 Å². The first-order valence-electron chi connectivity index (χ1n) is 18.0. The van der Waals surface area contributed by atoms with Crippen molar-refractivity contribution in [2.24, 2.45) is 11.8 Å². The molecule has 13 nitrogen and oxygen atoms in total. The molecule has 0 bridgehead atoms. The molecule has 1 N–H and O–H groups in total. The molecule has 0 unspecified atom stereocenters. The summed E-state index contributed by atoms with van der Waals surface area (Å²) in [6.07, 6.45) is 7.02. The first-order valence-corrected chi connectivity index (χ1v) is 18.9. The summed E-state index contributed by atoms with van der Waals surface area (Å²) in [5, 5.41) is 23.6. The Morgan fingerprint density at radius 1 is 1.04 bits per heavy atom. The van der Waals surface area contributed by atoms with E-state index in [1.165, 1.54) is 12.1 Å². The molecule has 1 aliphatic carbocycles. The van der Waals surface area contributed by atoms with Crippen molar-refractivity contribution >= 4 is 61.6 Å². The highest BCUT2D eigenvalue weighted by Gasteiger charge is 2.29. The topological polar surface area (TPSA) is 163 Å². The zero-order valence-electron chi connectivity index (χ0n) is 29.5. The van der Waals surface area contributed by atoms with Gasteiger partial charge in [0.1, 0.15) is 6.54 Å². The average molecular weight is 729 g/mol. The van der Waals surface area contributed by atoms with Crippen molar-refractivity contribution in [2.75, 3.05) is 24.6 Å². The number of non-ortho nitro benzene ring substituents is 1. The summed E-state index contributed by atoms with van der Waals surface area (Å²) in [6.45, 7) is 5.63. The number of aryl methyl sites for hydroxylation is 1. The summed E-state index contributed by atoms with van der Waals surface area (Å²) < 4.78 is 13.3. The van der Waals surface area contributed by atoms with E-state index < -0.39 is 4.92 Å². The summed E-state index contributed by atoms with van der Waals surface area (Å²) in [4.78, 5) is 52.6. The Morgan fingerprint density at radius 2 is 1.83 bits per heavy atom. The molecule has 0 spiro atoms. The third-order valence-electron chi connectivity index (χ3n) is 9.91. The van der Waals surface area contributed by atoms with Gasteiger partial charge >= 0.3 is 5.69 Å². The van der Waals surface area contributed by atoms with E-state index in [-0.39, 0.29) is 52.7 Å². The Hall–Kier alpha value is -5.11. The smallest absolute Gasteiger partial charge is 0.301 e. The van der Waals surface area contributed by atoms with Crippen LogP contribution in [0.25, 0.3) is 21.3 Å². The van der Waals surface area contributed by atoms with Crippen molar-refractivity contribution in [1.29, 1.82) is 0 Å². The fourth-order valence-electron chi connectivity index (χ4n) is 7.11. The molecule has 1 fully saturated rings. The highest BCUT2D eigenvalue weighted by molar-refractivity contribution is 7.17. The highest BCUT2D eigenvalue weighted by Crippen LogP contribution is 2.34. The van der Waals surface area contributed by atoms with Crippen molar-refractivity contribution in [3.05, 3.63) is 75.3 Å². The number of carbonyl (C=O) groups excluding carboxylic acids is 3. The normalized spacial score (nSPS) is 15.9. The van der Waals surface area contributed by atoms with Gasteiger partial charge in [0, 0.05) is 37.2 Å². The number of unbranched alkanes of at least 4 members (excludes halogenated alkanes) is 3. The molecule has 3 aromatic heterocycles. The number of carbonyl (C=O) groups is 3. The first-order chi connectivity index (χ1) is 25.2. The SMILES string of the molecule is CCN(C(=O)Cn1c(C(=O)CC2CCC(C(=O)NCCCCCCOc3ccc([N+](=O)[O-])c4nonc34)CC2)cc2sccc21)c1cccc(C)c1. The number of Topliss-reactive ketones (excluding diaryl/α,β-unsaturated/α-hetero) is 1. The van der Waals surface area contributed by atoms with E-state index in [9.17, 15) is 24.5 Å². The number of hydrogen-bond acceptors (Lipinski definition) is 10. The van der Waals surface area contributed by atoms with Crippen LogP contribution in [0, 0.1) is 28.9 Å². The number of nitro benzene ring substituents is 1. The Kier molecular flexibility index (Phi) is 11.9. The van der Waals surface area contributed by atoms with Crippen LogP contribution < -0.4 is 15.0 Å². The zero-order chi connectivity index (χ0) is 36.6. The summed E-state index contributed by atoms with van der Waals surface area (Å²) in [5.41, 5.74) is 3.54. The quantitative estimate of drug-likeness (QED) is 0.0439. The molecule has 0 saturated heterocycles. The lowest BCUT2D eigenvalue weighted by atomic mass is 9.79. The average Bonchev–Trinajstić information content (AvgIpc) is 3.88. The number of ether oxygens (including phenoxy) is 1. The molecule has 52 heavy (non-hydrogen) atoms. The first kappa shape index (κ1) is 36.7. The number of nitrogens with one attached hydrogen (secondary N) is 1. The Labute approximate surface area is 305 Å². The van der Waals surface area contributed by atoms with Gasteiger partial charge in [0.25, 0.3) is 0 Å². The number of nitro groups is 1. The van der Waals surface area contributed by atoms with Gasteiger partial charge in [-0.2, -0.15) is 0 Å². The molecule has 14 heteroatoms. The van der Waals surface area contributed by atoms with E-state index in [1.807, 2.05) is 60.2 Å². The van der Waals surface area contributed by atoms with Crippen molar-refractivity contribution in [1.82, 2.24) is 20.2 Å². The van der Waals surface area contributed by atoms with E-state index >= 15 is 0 Å². The third kappa shape index (κ3) is 8.50. The van der Waals surface area contributed by atoms with Crippen LogP contribution in [0.3, 0.4) is 0 Å². The third-order valence-corrected chi connectivity index (χ3v) is 10.8. The molecular formula is C38H44N6O7S. The number of likely N-dealkylation sites (N-methyl/N-ethyl adjacent to an activating group) is 1. The molecule has 0 aliphatic heterocycles. The number of rotatable bonds is 17. The Balaban J connectivity index is 0.907. The van der Waals surface area contributed by atoms with Gasteiger partial charge in [-0.15, -0.1) is 11.3 Å². The Bertz CT molecular complexity index is 2040. The van der Waals surface area contributed by atoms with Crippen molar-refractivity contribution in [3.8, 4) is 5.75 Å². The second-order valence-corrected chi connectivity index (χ2v) is 14.4. The second-order valence-electron chi connectivity index (χ2n) is 13.5. The zero-order valence-corrected chi connectivity index (χ0v) is 30.4. The van der Waals surface area contributed by atoms with Gasteiger partial charge in [-0.25, -0.2) is 4.63 Å². The van der Waals surface area contributed by atoms with E-state index in [0.29, 0.717) is 37.6 Å². The number of hydrogen-bond donors (Lipinski definition) is 1. The van der Waals surface area contributed by atoms with Gasteiger partial charge in [0.05, 0.1) is 27.4 Å². The number of benzene rings is 2. The fourth-order valence-corrected chi connectivity index (χ4v) is 7.93. The molecule has 3 heterocycles. The maximum atomic E-state index is 13.7. The monoisotopic (exact) mass is 728 g/mol. The molecule has 274 valence electrons. The Morgan fingerprint density at radius 3 is 2.60 bits per heavy atom. The number of anilines is 1. The molecular weight excluding hydrogens is 685 g/mol. The van der Waals surface area contributed by atoms with Gasteiger partial charge in [-0.3, -0.25) is 24.5 Å². The number of nitrogens with zero attached hydrogens (tertiary/aromatic N) is 5. The van der Waals surface area contributed by atoms with Crippen LogP contribution in [0.15, 0.2) is 58.5 Å².